The number of hydrogen-bond acceptors (Lipinski definition) is 5. The highest BCUT2D eigenvalue weighted by Gasteiger charge is 2.18. The van der Waals surface area contributed by atoms with E-state index in [1.165, 1.54) is 0 Å². The molecule has 0 saturated carbocycles. The average molecular weight is 412 g/mol. The molecule has 3 aromatic rings. The molecule has 0 radical (unpaired) electrons. The predicted molar refractivity (Wildman–Crippen MR) is 113 cm³/mol. The number of carbonyl (C=O) groups excluding carboxylic acids is 1. The van der Waals surface area contributed by atoms with E-state index in [4.69, 9.17) is 11.6 Å². The number of rotatable bonds is 4. The molecule has 1 amide bonds. The van der Waals surface area contributed by atoms with E-state index in [9.17, 15) is 14.7 Å². The van der Waals surface area contributed by atoms with E-state index >= 15 is 0 Å². The zero-order valence-corrected chi connectivity index (χ0v) is 16.0. The molecule has 0 aliphatic carbocycles. The third-order valence-corrected chi connectivity index (χ3v) is 5.43. The number of amides is 1. The fourth-order valence-corrected chi connectivity index (χ4v) is 3.86. The molecule has 1 aromatic heterocycles. The second-order valence-electron chi connectivity index (χ2n) is 6.05. The van der Waals surface area contributed by atoms with Crippen LogP contribution < -0.4 is 10.2 Å². The van der Waals surface area contributed by atoms with Crippen molar-refractivity contribution < 1.29 is 9.90 Å². The van der Waals surface area contributed by atoms with Crippen LogP contribution in [0.2, 0.25) is 5.02 Å². The summed E-state index contributed by atoms with van der Waals surface area (Å²) in [5.41, 5.74) is 2.99. The normalized spacial score (nSPS) is 13.7. The summed E-state index contributed by atoms with van der Waals surface area (Å²) in [5.74, 6) is -0.718. The third-order valence-electron chi connectivity index (χ3n) is 4.19. The summed E-state index contributed by atoms with van der Waals surface area (Å²) in [7, 11) is 0. The summed E-state index contributed by atoms with van der Waals surface area (Å²) >= 11 is 6.89. The molecule has 1 aliphatic heterocycles. The van der Waals surface area contributed by atoms with Crippen LogP contribution in [0.5, 0.6) is 5.88 Å². The molecular formula is C20H14ClN3O3S. The van der Waals surface area contributed by atoms with E-state index in [2.05, 4.69) is 10.3 Å². The topological polar surface area (TPSA) is 83.7 Å². The van der Waals surface area contributed by atoms with Crippen LogP contribution in [0.3, 0.4) is 0 Å². The average Bonchev–Trinajstić information content (AvgIpc) is 3.20. The number of aliphatic imine (C=N–C) groups is 1. The van der Waals surface area contributed by atoms with Gasteiger partial charge in [-0.05, 0) is 24.3 Å². The van der Waals surface area contributed by atoms with Crippen LogP contribution in [0.25, 0.3) is 11.6 Å². The number of hydrogen-bond donors (Lipinski definition) is 2. The largest absolute Gasteiger partial charge is 0.493 e. The molecule has 0 fully saturated rings. The summed E-state index contributed by atoms with van der Waals surface area (Å²) < 4.78 is 1.03. The first-order chi connectivity index (χ1) is 13.5. The number of fused-ring (bicyclic) bond motifs is 1. The van der Waals surface area contributed by atoms with Crippen LogP contribution in [0.15, 0.2) is 58.3 Å². The van der Waals surface area contributed by atoms with Gasteiger partial charge in [0.15, 0.2) is 0 Å². The minimum Gasteiger partial charge on any atom is -0.493 e. The summed E-state index contributed by atoms with van der Waals surface area (Å²) in [4.78, 5) is 28.8. The van der Waals surface area contributed by atoms with Crippen molar-refractivity contribution in [2.45, 2.75) is 6.54 Å². The number of aromatic hydroxyl groups is 1. The van der Waals surface area contributed by atoms with Gasteiger partial charge >= 0.3 is 4.87 Å². The van der Waals surface area contributed by atoms with E-state index in [0.717, 1.165) is 32.7 Å². The van der Waals surface area contributed by atoms with Crippen LogP contribution in [0.1, 0.15) is 10.4 Å². The van der Waals surface area contributed by atoms with Crippen molar-refractivity contribution >= 4 is 58.1 Å². The maximum Gasteiger partial charge on any atom is 0.311 e. The second kappa shape index (κ2) is 7.46. The fraction of sp³-hybridized carbons (Fsp3) is 0.0500. The molecule has 28 heavy (non-hydrogen) atoms. The Labute approximate surface area is 169 Å². The Balaban J connectivity index is 1.58. The van der Waals surface area contributed by atoms with Crippen molar-refractivity contribution in [1.82, 2.24) is 4.57 Å². The zero-order chi connectivity index (χ0) is 19.7. The van der Waals surface area contributed by atoms with Gasteiger partial charge in [0, 0.05) is 17.4 Å². The highest BCUT2D eigenvalue weighted by atomic mass is 35.5. The number of nitrogens with zero attached hydrogens (tertiary/aromatic N) is 2. The first kappa shape index (κ1) is 18.2. The second-order valence-corrected chi connectivity index (χ2v) is 7.45. The summed E-state index contributed by atoms with van der Waals surface area (Å²) in [6, 6.07) is 14.4. The first-order valence-corrected chi connectivity index (χ1v) is 9.54. The van der Waals surface area contributed by atoms with Crippen molar-refractivity contribution in [2.75, 3.05) is 5.32 Å². The molecule has 6 nitrogen and oxygen atoms in total. The fourth-order valence-electron chi connectivity index (χ4n) is 2.84. The number of aromatic nitrogens is 1. The van der Waals surface area contributed by atoms with Gasteiger partial charge in [-0.1, -0.05) is 53.3 Å². The zero-order valence-electron chi connectivity index (χ0n) is 14.4. The van der Waals surface area contributed by atoms with E-state index in [1.54, 1.807) is 36.6 Å². The lowest BCUT2D eigenvalue weighted by atomic mass is 10.1. The van der Waals surface area contributed by atoms with Crippen molar-refractivity contribution in [3.8, 4) is 5.88 Å². The molecule has 2 aromatic carbocycles. The third kappa shape index (κ3) is 3.49. The first-order valence-electron chi connectivity index (χ1n) is 8.35. The van der Waals surface area contributed by atoms with Gasteiger partial charge in [0.05, 0.1) is 21.3 Å². The molecule has 0 atom stereocenters. The van der Waals surface area contributed by atoms with Crippen LogP contribution in [0, 0.1) is 0 Å². The van der Waals surface area contributed by atoms with E-state index in [1.807, 2.05) is 24.3 Å². The monoisotopic (exact) mass is 411 g/mol. The van der Waals surface area contributed by atoms with Gasteiger partial charge in [0.1, 0.15) is 6.54 Å². The number of benzene rings is 2. The number of allylic oxidation sites excluding steroid dienone is 1. The Kier molecular flexibility index (Phi) is 4.85. The van der Waals surface area contributed by atoms with E-state index in [0.29, 0.717) is 15.6 Å². The van der Waals surface area contributed by atoms with Crippen LogP contribution in [-0.4, -0.2) is 21.8 Å². The Morgan fingerprint density at radius 3 is 2.79 bits per heavy atom. The number of nitrogens with one attached hydrogen (secondary N) is 1. The van der Waals surface area contributed by atoms with Crippen molar-refractivity contribution in [2.24, 2.45) is 4.99 Å². The molecule has 8 heteroatoms. The standard InChI is InChI=1S/C20H14ClN3O3S/c21-14-6-2-4-8-16(14)23-18(25)11-24-19(26)17(28-20(24)27)9-12-10-22-15-7-3-1-5-13(12)15/h1-10,26H,11H2,(H,23,25). The van der Waals surface area contributed by atoms with Crippen LogP contribution >= 0.6 is 22.9 Å². The van der Waals surface area contributed by atoms with Gasteiger partial charge in [-0.2, -0.15) is 0 Å². The molecule has 4 rings (SSSR count). The lowest BCUT2D eigenvalue weighted by molar-refractivity contribution is -0.116. The molecule has 0 saturated heterocycles. The van der Waals surface area contributed by atoms with Crippen LogP contribution in [0.4, 0.5) is 11.4 Å². The van der Waals surface area contributed by atoms with E-state index < -0.39 is 10.8 Å². The summed E-state index contributed by atoms with van der Waals surface area (Å²) in [5, 5.41) is 13.5. The van der Waals surface area contributed by atoms with Crippen molar-refractivity contribution in [3.05, 3.63) is 73.7 Å². The summed E-state index contributed by atoms with van der Waals surface area (Å²) in [6.45, 7) is -0.319. The minimum atomic E-state index is -0.463. The Bertz CT molecular complexity index is 1190. The Hall–Kier alpha value is -3.16. The number of carbonyl (C=O) groups is 1. The van der Waals surface area contributed by atoms with Gasteiger partial charge in [0.2, 0.25) is 11.8 Å². The number of para-hydroxylation sites is 2. The van der Waals surface area contributed by atoms with Gasteiger partial charge in [-0.3, -0.25) is 19.1 Å². The van der Waals surface area contributed by atoms with Gasteiger partial charge < -0.3 is 10.4 Å². The van der Waals surface area contributed by atoms with Crippen molar-refractivity contribution in [1.29, 1.82) is 0 Å². The van der Waals surface area contributed by atoms with Gasteiger partial charge in [-0.25, -0.2) is 0 Å². The SMILES string of the molecule is O=C(Cn1c(O)c(C=C2C=Nc3ccccc32)sc1=O)Nc1ccccc1Cl. The molecule has 0 bridgehead atoms. The predicted octanol–water partition coefficient (Wildman–Crippen LogP) is 4.16. The molecule has 2 N–H and O–H groups in total. The molecule has 0 spiro atoms. The molecular weight excluding hydrogens is 398 g/mol. The highest BCUT2D eigenvalue weighted by Crippen LogP contribution is 2.34. The van der Waals surface area contributed by atoms with E-state index in [-0.39, 0.29) is 12.4 Å². The maximum absolute atomic E-state index is 12.3. The number of halogens is 1. The summed E-state index contributed by atoms with van der Waals surface area (Å²) in [6.07, 6.45) is 3.38. The maximum atomic E-state index is 12.3. The molecule has 140 valence electrons. The number of anilines is 1. The van der Waals surface area contributed by atoms with Crippen LogP contribution in [-0.2, 0) is 11.3 Å². The molecule has 0 unspecified atom stereocenters. The quantitative estimate of drug-likeness (QED) is 0.676. The minimum absolute atomic E-state index is 0.255. The smallest absolute Gasteiger partial charge is 0.311 e. The lowest BCUT2D eigenvalue weighted by Gasteiger charge is -2.07. The van der Waals surface area contributed by atoms with Crippen molar-refractivity contribution in [3.63, 3.8) is 0 Å². The number of thiazole rings is 1. The Morgan fingerprint density at radius 1 is 1.21 bits per heavy atom. The Morgan fingerprint density at radius 2 is 1.96 bits per heavy atom. The lowest BCUT2D eigenvalue weighted by Crippen LogP contribution is -2.24. The molecule has 1 aliphatic rings. The van der Waals surface area contributed by atoms with Gasteiger partial charge in [0.25, 0.3) is 0 Å². The molecule has 2 heterocycles. The highest BCUT2D eigenvalue weighted by molar-refractivity contribution is 7.10. The van der Waals surface area contributed by atoms with Gasteiger partial charge in [-0.15, -0.1) is 0 Å².